The van der Waals surface area contributed by atoms with Gasteiger partial charge in [0.1, 0.15) is 0 Å². The molecule has 0 aliphatic rings. The van der Waals surface area contributed by atoms with Gasteiger partial charge in [-0.3, -0.25) is 9.52 Å². The SMILES string of the molecule is CC[C@@H](C(=O)NS(=O)(=O)Cc1ccc(C#N)cc1)c1ccccc1. The lowest BCUT2D eigenvalue weighted by Crippen LogP contribution is -2.35. The molecule has 2 rings (SSSR count). The fourth-order valence-electron chi connectivity index (χ4n) is 2.41. The minimum absolute atomic E-state index is 0.310. The van der Waals surface area contributed by atoms with Crippen LogP contribution >= 0.6 is 0 Å². The standard InChI is InChI=1S/C18H18N2O3S/c1-2-17(16-6-4-3-5-7-16)18(21)20-24(22,23)13-15-10-8-14(12-19)9-11-15/h3-11,17H,2,13H2,1H3,(H,20,21)/t17-/m1/s1. The highest BCUT2D eigenvalue weighted by atomic mass is 32.2. The van der Waals surface area contributed by atoms with E-state index >= 15 is 0 Å². The summed E-state index contributed by atoms with van der Waals surface area (Å²) in [7, 11) is -3.80. The highest BCUT2D eigenvalue weighted by Crippen LogP contribution is 2.20. The molecule has 0 radical (unpaired) electrons. The van der Waals surface area contributed by atoms with Crippen molar-refractivity contribution in [1.82, 2.24) is 4.72 Å². The van der Waals surface area contributed by atoms with E-state index in [0.29, 0.717) is 17.5 Å². The number of carbonyl (C=O) groups is 1. The van der Waals surface area contributed by atoms with Gasteiger partial charge >= 0.3 is 0 Å². The number of nitriles is 1. The van der Waals surface area contributed by atoms with Crippen molar-refractivity contribution in [2.75, 3.05) is 0 Å². The second-order valence-electron chi connectivity index (χ2n) is 5.41. The molecule has 0 heterocycles. The van der Waals surface area contributed by atoms with E-state index in [1.807, 2.05) is 31.2 Å². The van der Waals surface area contributed by atoms with Gasteiger partial charge in [0.15, 0.2) is 0 Å². The number of sulfonamides is 1. The van der Waals surface area contributed by atoms with Crippen LogP contribution in [-0.2, 0) is 20.6 Å². The first-order valence-electron chi connectivity index (χ1n) is 7.53. The van der Waals surface area contributed by atoms with E-state index in [-0.39, 0.29) is 5.75 Å². The summed E-state index contributed by atoms with van der Waals surface area (Å²) in [5, 5.41) is 8.75. The van der Waals surface area contributed by atoms with Crippen molar-refractivity contribution < 1.29 is 13.2 Å². The van der Waals surface area contributed by atoms with Crippen LogP contribution in [0.5, 0.6) is 0 Å². The van der Waals surface area contributed by atoms with Gasteiger partial charge in [-0.05, 0) is 29.7 Å². The lowest BCUT2D eigenvalue weighted by molar-refractivity contribution is -0.120. The average molecular weight is 342 g/mol. The Morgan fingerprint density at radius 2 is 1.75 bits per heavy atom. The maximum Gasteiger partial charge on any atom is 0.240 e. The van der Waals surface area contributed by atoms with E-state index in [0.717, 1.165) is 5.56 Å². The molecule has 2 aromatic rings. The van der Waals surface area contributed by atoms with E-state index in [9.17, 15) is 13.2 Å². The van der Waals surface area contributed by atoms with E-state index in [4.69, 9.17) is 5.26 Å². The third kappa shape index (κ3) is 4.67. The van der Waals surface area contributed by atoms with Crippen molar-refractivity contribution in [2.24, 2.45) is 0 Å². The molecular formula is C18H18N2O3S. The van der Waals surface area contributed by atoms with Gasteiger partial charge in [-0.1, -0.05) is 49.4 Å². The molecule has 124 valence electrons. The Morgan fingerprint density at radius 3 is 2.29 bits per heavy atom. The second-order valence-corrected chi connectivity index (χ2v) is 7.13. The van der Waals surface area contributed by atoms with Gasteiger partial charge in [-0.2, -0.15) is 5.26 Å². The molecule has 0 aliphatic heterocycles. The summed E-state index contributed by atoms with van der Waals surface area (Å²) in [5.74, 6) is -1.35. The van der Waals surface area contributed by atoms with Gasteiger partial charge in [0.2, 0.25) is 15.9 Å². The summed E-state index contributed by atoms with van der Waals surface area (Å²) in [4.78, 5) is 12.3. The molecule has 0 fully saturated rings. The molecule has 0 unspecified atom stereocenters. The van der Waals surface area contributed by atoms with E-state index in [1.165, 1.54) is 0 Å². The van der Waals surface area contributed by atoms with Crippen molar-refractivity contribution in [3.63, 3.8) is 0 Å². The third-order valence-corrected chi connectivity index (χ3v) is 4.85. The van der Waals surface area contributed by atoms with Crippen LogP contribution in [0.15, 0.2) is 54.6 Å². The second kappa shape index (κ2) is 7.75. The van der Waals surface area contributed by atoms with Crippen LogP contribution in [0.2, 0.25) is 0 Å². The first-order valence-corrected chi connectivity index (χ1v) is 9.18. The Morgan fingerprint density at radius 1 is 1.12 bits per heavy atom. The van der Waals surface area contributed by atoms with Crippen LogP contribution in [0.3, 0.4) is 0 Å². The van der Waals surface area contributed by atoms with Gasteiger partial charge in [-0.15, -0.1) is 0 Å². The van der Waals surface area contributed by atoms with Gasteiger partial charge in [0.05, 0.1) is 23.3 Å². The first kappa shape index (κ1) is 17.7. The van der Waals surface area contributed by atoms with Gasteiger partial charge in [0, 0.05) is 0 Å². The Hall–Kier alpha value is -2.65. The number of hydrogen-bond acceptors (Lipinski definition) is 4. The summed E-state index contributed by atoms with van der Waals surface area (Å²) in [5.41, 5.74) is 1.75. The Balaban J connectivity index is 2.09. The number of hydrogen-bond donors (Lipinski definition) is 1. The van der Waals surface area contributed by atoms with E-state index in [1.54, 1.807) is 36.4 Å². The quantitative estimate of drug-likeness (QED) is 0.874. The van der Waals surface area contributed by atoms with Crippen LogP contribution in [0.25, 0.3) is 0 Å². The van der Waals surface area contributed by atoms with Crippen LogP contribution in [0, 0.1) is 11.3 Å². The summed E-state index contributed by atoms with van der Waals surface area (Å²) >= 11 is 0. The number of nitrogens with one attached hydrogen (secondary N) is 1. The molecule has 0 spiro atoms. The maximum absolute atomic E-state index is 12.3. The smallest absolute Gasteiger partial charge is 0.240 e. The molecule has 0 bridgehead atoms. The van der Waals surface area contributed by atoms with Crippen LogP contribution in [0.4, 0.5) is 0 Å². The van der Waals surface area contributed by atoms with Gasteiger partial charge < -0.3 is 0 Å². The predicted molar refractivity (Wildman–Crippen MR) is 91.4 cm³/mol. The van der Waals surface area contributed by atoms with E-state index in [2.05, 4.69) is 4.72 Å². The number of nitrogens with zero attached hydrogens (tertiary/aromatic N) is 1. The first-order chi connectivity index (χ1) is 11.4. The van der Waals surface area contributed by atoms with E-state index < -0.39 is 21.8 Å². The highest BCUT2D eigenvalue weighted by Gasteiger charge is 2.23. The van der Waals surface area contributed by atoms with Crippen molar-refractivity contribution in [1.29, 1.82) is 5.26 Å². The summed E-state index contributed by atoms with van der Waals surface area (Å²) < 4.78 is 26.6. The lowest BCUT2D eigenvalue weighted by Gasteiger charge is -2.15. The van der Waals surface area contributed by atoms with Crippen LogP contribution < -0.4 is 4.72 Å². The topological polar surface area (TPSA) is 87.0 Å². The normalized spacial score (nSPS) is 12.2. The Bertz CT molecular complexity index is 838. The summed E-state index contributed by atoms with van der Waals surface area (Å²) in [6, 6.07) is 17.3. The maximum atomic E-state index is 12.3. The molecule has 1 N–H and O–H groups in total. The molecule has 2 aromatic carbocycles. The largest absolute Gasteiger partial charge is 0.273 e. The fraction of sp³-hybridized carbons (Fsp3) is 0.222. The molecular weight excluding hydrogens is 324 g/mol. The highest BCUT2D eigenvalue weighted by molar-refractivity contribution is 7.89. The molecule has 0 aromatic heterocycles. The number of carbonyl (C=O) groups excluding carboxylic acids is 1. The zero-order valence-corrected chi connectivity index (χ0v) is 14.1. The van der Waals surface area contributed by atoms with Gasteiger partial charge in [0.25, 0.3) is 0 Å². The van der Waals surface area contributed by atoms with Crippen molar-refractivity contribution in [3.8, 4) is 6.07 Å². The molecule has 1 amide bonds. The van der Waals surface area contributed by atoms with Gasteiger partial charge in [-0.25, -0.2) is 8.42 Å². The minimum Gasteiger partial charge on any atom is -0.273 e. The summed E-state index contributed by atoms with van der Waals surface area (Å²) in [6.07, 6.45) is 0.502. The zero-order valence-electron chi connectivity index (χ0n) is 13.3. The predicted octanol–water partition coefficient (Wildman–Crippen LogP) is 2.70. The Labute approximate surface area is 142 Å². The number of benzene rings is 2. The lowest BCUT2D eigenvalue weighted by atomic mass is 9.96. The van der Waals surface area contributed by atoms with Crippen molar-refractivity contribution in [2.45, 2.75) is 25.0 Å². The van der Waals surface area contributed by atoms with Crippen LogP contribution in [0.1, 0.15) is 36.0 Å². The third-order valence-electron chi connectivity index (χ3n) is 3.62. The fourth-order valence-corrected chi connectivity index (χ4v) is 3.57. The van der Waals surface area contributed by atoms with Crippen LogP contribution in [-0.4, -0.2) is 14.3 Å². The molecule has 24 heavy (non-hydrogen) atoms. The van der Waals surface area contributed by atoms with Crippen molar-refractivity contribution >= 4 is 15.9 Å². The number of amides is 1. The monoisotopic (exact) mass is 342 g/mol. The molecule has 0 aliphatic carbocycles. The summed E-state index contributed by atoms with van der Waals surface area (Å²) in [6.45, 7) is 1.84. The molecule has 0 saturated heterocycles. The average Bonchev–Trinajstić information content (AvgIpc) is 2.56. The van der Waals surface area contributed by atoms with Crippen molar-refractivity contribution in [3.05, 3.63) is 71.3 Å². The zero-order chi connectivity index (χ0) is 17.6. The molecule has 0 saturated carbocycles. The molecule has 5 nitrogen and oxygen atoms in total. The molecule has 1 atom stereocenters. The molecule has 6 heteroatoms. The minimum atomic E-state index is -3.80. The number of rotatable bonds is 6. The Kier molecular flexibility index (Phi) is 5.72.